The Balaban J connectivity index is 1.67. The van der Waals surface area contributed by atoms with Gasteiger partial charge in [-0.25, -0.2) is 9.97 Å². The lowest BCUT2D eigenvalue weighted by Crippen LogP contribution is -2.29. The highest BCUT2D eigenvalue weighted by atomic mass is 15.2. The lowest BCUT2D eigenvalue weighted by atomic mass is 9.86. The molecule has 1 aromatic carbocycles. The Morgan fingerprint density at radius 2 is 2.05 bits per heavy atom. The first-order chi connectivity index (χ1) is 10.4. The van der Waals surface area contributed by atoms with E-state index in [-0.39, 0.29) is 0 Å². The summed E-state index contributed by atoms with van der Waals surface area (Å²) in [5.41, 5.74) is 2.79. The average molecular weight is 280 g/mol. The third-order valence-electron chi connectivity index (χ3n) is 4.85. The first-order valence-electron chi connectivity index (χ1n) is 7.67. The van der Waals surface area contributed by atoms with Crippen LogP contribution in [-0.4, -0.2) is 36.1 Å². The van der Waals surface area contributed by atoms with E-state index in [4.69, 9.17) is 0 Å². The molecule has 4 heteroatoms. The van der Waals surface area contributed by atoms with Crippen molar-refractivity contribution in [1.82, 2.24) is 15.3 Å². The summed E-state index contributed by atoms with van der Waals surface area (Å²) in [6.07, 6.45) is 6.16. The van der Waals surface area contributed by atoms with Gasteiger partial charge in [-0.1, -0.05) is 30.3 Å². The van der Waals surface area contributed by atoms with Crippen LogP contribution in [0.5, 0.6) is 0 Å². The quantitative estimate of drug-likeness (QED) is 0.916. The predicted molar refractivity (Wildman–Crippen MR) is 84.2 cm³/mol. The number of hydrogen-bond acceptors (Lipinski definition) is 4. The maximum Gasteiger partial charge on any atom is 0.139 e. The van der Waals surface area contributed by atoms with Crippen LogP contribution in [0.25, 0.3) is 11.1 Å². The summed E-state index contributed by atoms with van der Waals surface area (Å²) in [5.74, 6) is 1.08. The minimum absolute atomic E-state index is 0.457. The molecule has 2 saturated heterocycles. The van der Waals surface area contributed by atoms with Crippen molar-refractivity contribution in [2.24, 2.45) is 5.41 Å². The van der Waals surface area contributed by atoms with Crippen LogP contribution in [0.15, 0.2) is 42.9 Å². The van der Waals surface area contributed by atoms with Gasteiger partial charge in [0.2, 0.25) is 0 Å². The Kier molecular flexibility index (Phi) is 3.11. The largest absolute Gasteiger partial charge is 0.355 e. The molecule has 0 bridgehead atoms. The molecule has 2 aromatic rings. The van der Waals surface area contributed by atoms with Crippen molar-refractivity contribution >= 4 is 5.82 Å². The highest BCUT2D eigenvalue weighted by Crippen LogP contribution is 2.39. The summed E-state index contributed by atoms with van der Waals surface area (Å²) in [6.45, 7) is 4.51. The van der Waals surface area contributed by atoms with E-state index in [2.05, 4.69) is 44.5 Å². The van der Waals surface area contributed by atoms with Crippen LogP contribution < -0.4 is 10.2 Å². The van der Waals surface area contributed by atoms with Crippen molar-refractivity contribution < 1.29 is 0 Å². The van der Waals surface area contributed by atoms with Gasteiger partial charge in [0.15, 0.2) is 0 Å². The summed E-state index contributed by atoms with van der Waals surface area (Å²) in [7, 11) is 0. The van der Waals surface area contributed by atoms with Crippen molar-refractivity contribution in [3.63, 3.8) is 0 Å². The molecule has 0 aliphatic carbocycles. The Labute approximate surface area is 125 Å². The number of hydrogen-bond donors (Lipinski definition) is 1. The molecule has 108 valence electrons. The van der Waals surface area contributed by atoms with Crippen molar-refractivity contribution in [2.75, 3.05) is 31.1 Å². The molecule has 0 saturated carbocycles. The fourth-order valence-electron chi connectivity index (χ4n) is 3.66. The number of benzene rings is 1. The summed E-state index contributed by atoms with van der Waals surface area (Å²) in [6, 6.07) is 10.4. The molecule has 4 rings (SSSR count). The van der Waals surface area contributed by atoms with Gasteiger partial charge in [-0.05, 0) is 24.9 Å². The standard InChI is InChI=1S/C17H20N4/c1-2-4-14(5-3-1)15-10-19-13-20-16(15)21-9-7-17(12-21)6-8-18-11-17/h1-5,10,13,18H,6-9,11-12H2. The molecular formula is C17H20N4. The number of nitrogens with zero attached hydrogens (tertiary/aromatic N) is 3. The van der Waals surface area contributed by atoms with Gasteiger partial charge in [0.25, 0.3) is 0 Å². The predicted octanol–water partition coefficient (Wildman–Crippen LogP) is 2.33. The number of rotatable bonds is 2. The van der Waals surface area contributed by atoms with Crippen LogP contribution in [0.1, 0.15) is 12.8 Å². The molecule has 1 atom stereocenters. The van der Waals surface area contributed by atoms with Crippen LogP contribution in [0.2, 0.25) is 0 Å². The lowest BCUT2D eigenvalue weighted by Gasteiger charge is -2.24. The zero-order valence-electron chi connectivity index (χ0n) is 12.1. The van der Waals surface area contributed by atoms with Crippen molar-refractivity contribution in [3.8, 4) is 11.1 Å². The fraction of sp³-hybridized carbons (Fsp3) is 0.412. The Morgan fingerprint density at radius 1 is 1.14 bits per heavy atom. The van der Waals surface area contributed by atoms with Crippen LogP contribution in [0.4, 0.5) is 5.82 Å². The van der Waals surface area contributed by atoms with Gasteiger partial charge >= 0.3 is 0 Å². The first kappa shape index (κ1) is 12.8. The third-order valence-corrected chi connectivity index (χ3v) is 4.85. The Hall–Kier alpha value is -1.94. The third kappa shape index (κ3) is 2.29. The van der Waals surface area contributed by atoms with Crippen LogP contribution in [0, 0.1) is 5.41 Å². The molecular weight excluding hydrogens is 260 g/mol. The average Bonchev–Trinajstić information content (AvgIpc) is 3.19. The normalized spacial score (nSPS) is 24.9. The highest BCUT2D eigenvalue weighted by Gasteiger charge is 2.41. The molecule has 2 aliphatic rings. The molecule has 21 heavy (non-hydrogen) atoms. The second-order valence-electron chi connectivity index (χ2n) is 6.22. The van der Waals surface area contributed by atoms with Gasteiger partial charge < -0.3 is 10.2 Å². The zero-order valence-corrected chi connectivity index (χ0v) is 12.1. The zero-order chi connectivity index (χ0) is 14.1. The van der Waals surface area contributed by atoms with Gasteiger partial charge in [-0.2, -0.15) is 0 Å². The first-order valence-corrected chi connectivity index (χ1v) is 7.67. The molecule has 4 nitrogen and oxygen atoms in total. The monoisotopic (exact) mass is 280 g/mol. The van der Waals surface area contributed by atoms with Crippen molar-refractivity contribution in [1.29, 1.82) is 0 Å². The van der Waals surface area contributed by atoms with E-state index < -0.39 is 0 Å². The molecule has 1 aromatic heterocycles. The van der Waals surface area contributed by atoms with Crippen molar-refractivity contribution in [3.05, 3.63) is 42.9 Å². The van der Waals surface area contributed by atoms with E-state index in [0.717, 1.165) is 37.6 Å². The summed E-state index contributed by atoms with van der Waals surface area (Å²) < 4.78 is 0. The van der Waals surface area contributed by atoms with E-state index in [1.807, 2.05) is 12.3 Å². The van der Waals surface area contributed by atoms with E-state index in [0.29, 0.717) is 5.41 Å². The Bertz CT molecular complexity index is 620. The fourth-order valence-corrected chi connectivity index (χ4v) is 3.66. The number of aromatic nitrogens is 2. The van der Waals surface area contributed by atoms with Crippen LogP contribution in [-0.2, 0) is 0 Å². The second kappa shape index (κ2) is 5.11. The molecule has 3 heterocycles. The molecule has 0 radical (unpaired) electrons. The second-order valence-corrected chi connectivity index (χ2v) is 6.22. The topological polar surface area (TPSA) is 41.1 Å². The Morgan fingerprint density at radius 3 is 2.86 bits per heavy atom. The van der Waals surface area contributed by atoms with Gasteiger partial charge in [-0.3, -0.25) is 0 Å². The number of nitrogens with one attached hydrogen (secondary N) is 1. The highest BCUT2D eigenvalue weighted by molar-refractivity contribution is 5.75. The van der Waals surface area contributed by atoms with Crippen molar-refractivity contribution in [2.45, 2.75) is 12.8 Å². The maximum absolute atomic E-state index is 4.59. The maximum atomic E-state index is 4.59. The SMILES string of the molecule is c1ccc(-c2cncnc2N2CCC3(CCNC3)C2)cc1. The molecule has 0 amide bonds. The van der Waals surface area contributed by atoms with Crippen LogP contribution >= 0.6 is 0 Å². The van der Waals surface area contributed by atoms with E-state index in [1.54, 1.807) is 6.33 Å². The van der Waals surface area contributed by atoms with Gasteiger partial charge in [-0.15, -0.1) is 0 Å². The van der Waals surface area contributed by atoms with E-state index in [9.17, 15) is 0 Å². The summed E-state index contributed by atoms with van der Waals surface area (Å²) in [4.78, 5) is 11.3. The molecule has 2 aliphatic heterocycles. The van der Waals surface area contributed by atoms with E-state index in [1.165, 1.54) is 18.4 Å². The molecule has 1 N–H and O–H groups in total. The number of anilines is 1. The summed E-state index contributed by atoms with van der Waals surface area (Å²) in [5, 5.41) is 3.51. The minimum Gasteiger partial charge on any atom is -0.355 e. The van der Waals surface area contributed by atoms with E-state index >= 15 is 0 Å². The molecule has 1 spiro atoms. The smallest absolute Gasteiger partial charge is 0.139 e. The van der Waals surface area contributed by atoms with Gasteiger partial charge in [0.1, 0.15) is 12.1 Å². The molecule has 2 fully saturated rings. The minimum atomic E-state index is 0.457. The molecule has 1 unspecified atom stereocenters. The van der Waals surface area contributed by atoms with Gasteiger partial charge in [0, 0.05) is 36.8 Å². The van der Waals surface area contributed by atoms with Crippen LogP contribution in [0.3, 0.4) is 0 Å². The lowest BCUT2D eigenvalue weighted by molar-refractivity contribution is 0.369. The van der Waals surface area contributed by atoms with Gasteiger partial charge in [0.05, 0.1) is 0 Å². The summed E-state index contributed by atoms with van der Waals surface area (Å²) >= 11 is 0.